The molecule has 1 aromatic carbocycles. The number of nitrogens with two attached hydrogens (primary N) is 1. The molecule has 0 saturated carbocycles. The molecule has 4 nitrogen and oxygen atoms in total. The van der Waals surface area contributed by atoms with Gasteiger partial charge in [0.15, 0.2) is 0 Å². The third-order valence-corrected chi connectivity index (χ3v) is 2.60. The van der Waals surface area contributed by atoms with Crippen LogP contribution in [0.15, 0.2) is 30.5 Å². The van der Waals surface area contributed by atoms with E-state index in [9.17, 15) is 0 Å². The van der Waals surface area contributed by atoms with Crippen LogP contribution in [-0.4, -0.2) is 29.1 Å². The van der Waals surface area contributed by atoms with Gasteiger partial charge in [0.1, 0.15) is 4.99 Å². The number of rotatable bonds is 3. The van der Waals surface area contributed by atoms with Crippen molar-refractivity contribution in [2.24, 2.45) is 5.73 Å². The number of pyridine rings is 1. The van der Waals surface area contributed by atoms with Crippen LogP contribution in [0.3, 0.4) is 0 Å². The number of anilines is 1. The van der Waals surface area contributed by atoms with E-state index < -0.39 is 0 Å². The molecule has 0 unspecified atom stereocenters. The lowest BCUT2D eigenvalue weighted by molar-refractivity contribution is 0.496. The zero-order chi connectivity index (χ0) is 12.4. The van der Waals surface area contributed by atoms with E-state index in [2.05, 4.69) is 10.4 Å². The number of hydrogen-bond acceptors (Lipinski definition) is 4. The highest BCUT2D eigenvalue weighted by atomic mass is 32.1. The van der Waals surface area contributed by atoms with Crippen LogP contribution in [-0.2, 0) is 0 Å². The molecule has 5 heteroatoms. The molecule has 88 valence electrons. The molecule has 0 atom stereocenters. The number of fused-ring (bicyclic) bond motifs is 1. The van der Waals surface area contributed by atoms with Crippen molar-refractivity contribution < 1.29 is 0 Å². The Hall–Kier alpha value is -1.72. The van der Waals surface area contributed by atoms with Crippen LogP contribution in [0.4, 0.5) is 5.69 Å². The van der Waals surface area contributed by atoms with Gasteiger partial charge in [0.2, 0.25) is 0 Å². The molecule has 0 radical (unpaired) electrons. The molecule has 17 heavy (non-hydrogen) atoms. The highest BCUT2D eigenvalue weighted by Gasteiger charge is 2.10. The molecule has 2 aromatic rings. The van der Waals surface area contributed by atoms with Gasteiger partial charge in [0.25, 0.3) is 0 Å². The Kier molecular flexibility index (Phi) is 3.21. The van der Waals surface area contributed by atoms with Crippen LogP contribution in [0, 0.1) is 0 Å². The van der Waals surface area contributed by atoms with Gasteiger partial charge in [-0.2, -0.15) is 0 Å². The second-order valence-electron chi connectivity index (χ2n) is 3.93. The van der Waals surface area contributed by atoms with E-state index in [-0.39, 0.29) is 0 Å². The van der Waals surface area contributed by atoms with Gasteiger partial charge in [-0.1, -0.05) is 30.4 Å². The minimum absolute atomic E-state index is 0.340. The summed E-state index contributed by atoms with van der Waals surface area (Å²) < 4.78 is 0. The zero-order valence-electron chi connectivity index (χ0n) is 9.77. The van der Waals surface area contributed by atoms with Crippen molar-refractivity contribution in [1.82, 2.24) is 9.99 Å². The standard InChI is InChI=1S/C12H14N4S/c1-16(2)15-11-8-5-3-4-6-10(8)14-7-9(11)12(13)17/h3-7H,1-2H3,(H2,13,17)(H,14,15). The largest absolute Gasteiger partial charge is 0.389 e. The molecule has 0 saturated heterocycles. The molecule has 0 aliphatic carbocycles. The zero-order valence-corrected chi connectivity index (χ0v) is 10.6. The van der Waals surface area contributed by atoms with Gasteiger partial charge in [-0.15, -0.1) is 0 Å². The topological polar surface area (TPSA) is 54.2 Å². The molecule has 0 spiro atoms. The average molecular weight is 246 g/mol. The van der Waals surface area contributed by atoms with Crippen LogP contribution in [0.1, 0.15) is 5.56 Å². The molecule has 0 fully saturated rings. The molecular formula is C12H14N4S. The Balaban J connectivity index is 2.70. The summed E-state index contributed by atoms with van der Waals surface area (Å²) in [6.45, 7) is 0. The van der Waals surface area contributed by atoms with Gasteiger partial charge in [0.05, 0.1) is 16.8 Å². The lowest BCUT2D eigenvalue weighted by atomic mass is 10.1. The van der Waals surface area contributed by atoms with Gasteiger partial charge in [-0.25, -0.2) is 5.01 Å². The Bertz CT molecular complexity index is 565. The Morgan fingerprint density at radius 3 is 2.71 bits per heavy atom. The highest BCUT2D eigenvalue weighted by molar-refractivity contribution is 7.80. The normalized spacial score (nSPS) is 10.8. The summed E-state index contributed by atoms with van der Waals surface area (Å²) in [6, 6.07) is 7.87. The predicted octanol–water partition coefficient (Wildman–Crippen LogP) is 1.76. The fourth-order valence-corrected chi connectivity index (χ4v) is 1.83. The van der Waals surface area contributed by atoms with Crippen molar-refractivity contribution >= 4 is 33.8 Å². The third-order valence-electron chi connectivity index (χ3n) is 2.38. The Morgan fingerprint density at radius 2 is 2.06 bits per heavy atom. The maximum absolute atomic E-state index is 5.71. The SMILES string of the molecule is CN(C)Nc1c(C(N)=S)cnc2ccccc12. The highest BCUT2D eigenvalue weighted by Crippen LogP contribution is 2.25. The molecule has 3 N–H and O–H groups in total. The number of nitrogens with one attached hydrogen (secondary N) is 1. The van der Waals surface area contributed by atoms with Crippen molar-refractivity contribution in [3.8, 4) is 0 Å². The number of nitrogens with zero attached hydrogens (tertiary/aromatic N) is 2. The van der Waals surface area contributed by atoms with Crippen molar-refractivity contribution in [2.75, 3.05) is 19.5 Å². The van der Waals surface area contributed by atoms with E-state index in [4.69, 9.17) is 18.0 Å². The van der Waals surface area contributed by atoms with Crippen molar-refractivity contribution in [3.05, 3.63) is 36.0 Å². The van der Waals surface area contributed by atoms with Gasteiger partial charge in [-0.3, -0.25) is 4.98 Å². The smallest absolute Gasteiger partial charge is 0.107 e. The third kappa shape index (κ3) is 2.35. The van der Waals surface area contributed by atoms with Gasteiger partial charge < -0.3 is 11.2 Å². The number of hydrogen-bond donors (Lipinski definition) is 2. The quantitative estimate of drug-likeness (QED) is 0.638. The number of thiocarbonyl (C=S) groups is 1. The van der Waals surface area contributed by atoms with Gasteiger partial charge >= 0.3 is 0 Å². The summed E-state index contributed by atoms with van der Waals surface area (Å²) in [6.07, 6.45) is 1.70. The van der Waals surface area contributed by atoms with Crippen LogP contribution in [0.2, 0.25) is 0 Å². The van der Waals surface area contributed by atoms with Crippen LogP contribution in [0.5, 0.6) is 0 Å². The summed E-state index contributed by atoms with van der Waals surface area (Å²) in [4.78, 5) is 4.68. The fourth-order valence-electron chi connectivity index (χ4n) is 1.67. The van der Waals surface area contributed by atoms with E-state index in [1.54, 1.807) is 6.20 Å². The summed E-state index contributed by atoms with van der Waals surface area (Å²) >= 11 is 5.04. The maximum Gasteiger partial charge on any atom is 0.107 e. The molecule has 2 rings (SSSR count). The fraction of sp³-hybridized carbons (Fsp3) is 0.167. The molecular weight excluding hydrogens is 232 g/mol. The molecule has 1 aromatic heterocycles. The van der Waals surface area contributed by atoms with Crippen LogP contribution in [0.25, 0.3) is 10.9 Å². The predicted molar refractivity (Wildman–Crippen MR) is 74.9 cm³/mol. The van der Waals surface area contributed by atoms with Crippen LogP contribution < -0.4 is 11.2 Å². The summed E-state index contributed by atoms with van der Waals surface area (Å²) in [5.41, 5.74) is 11.5. The van der Waals surface area contributed by atoms with E-state index in [0.717, 1.165) is 22.2 Å². The second-order valence-corrected chi connectivity index (χ2v) is 4.37. The monoisotopic (exact) mass is 246 g/mol. The molecule has 0 aliphatic rings. The van der Waals surface area contributed by atoms with E-state index in [0.29, 0.717) is 4.99 Å². The Morgan fingerprint density at radius 1 is 1.35 bits per heavy atom. The first-order valence-electron chi connectivity index (χ1n) is 5.21. The first-order valence-corrected chi connectivity index (χ1v) is 5.62. The number of aromatic nitrogens is 1. The van der Waals surface area contributed by atoms with Crippen molar-refractivity contribution in [2.45, 2.75) is 0 Å². The number of benzene rings is 1. The molecule has 1 heterocycles. The lowest BCUT2D eigenvalue weighted by Gasteiger charge is -2.18. The number of hydrazine groups is 1. The van der Waals surface area contributed by atoms with Gasteiger partial charge in [0, 0.05) is 25.7 Å². The van der Waals surface area contributed by atoms with Gasteiger partial charge in [-0.05, 0) is 6.07 Å². The minimum atomic E-state index is 0.340. The summed E-state index contributed by atoms with van der Waals surface area (Å²) in [7, 11) is 3.83. The maximum atomic E-state index is 5.71. The number of para-hydroxylation sites is 1. The Labute approximate surface area is 105 Å². The molecule has 0 aliphatic heterocycles. The first kappa shape index (κ1) is 11.8. The van der Waals surface area contributed by atoms with Crippen LogP contribution >= 0.6 is 12.2 Å². The van der Waals surface area contributed by atoms with E-state index in [1.807, 2.05) is 43.4 Å². The van der Waals surface area contributed by atoms with E-state index in [1.165, 1.54) is 0 Å². The molecule has 0 bridgehead atoms. The van der Waals surface area contributed by atoms with Crippen molar-refractivity contribution in [1.29, 1.82) is 0 Å². The average Bonchev–Trinajstić information content (AvgIpc) is 2.28. The molecule has 0 amide bonds. The summed E-state index contributed by atoms with van der Waals surface area (Å²) in [5, 5.41) is 2.86. The minimum Gasteiger partial charge on any atom is -0.389 e. The second kappa shape index (κ2) is 4.65. The van der Waals surface area contributed by atoms with Crippen molar-refractivity contribution in [3.63, 3.8) is 0 Å². The lowest BCUT2D eigenvalue weighted by Crippen LogP contribution is -2.23. The summed E-state index contributed by atoms with van der Waals surface area (Å²) in [5.74, 6) is 0. The van der Waals surface area contributed by atoms with E-state index >= 15 is 0 Å². The first-order chi connectivity index (χ1) is 8.09.